The molecule has 0 aliphatic heterocycles. The first-order valence-electron chi connectivity index (χ1n) is 14.9. The van der Waals surface area contributed by atoms with Gasteiger partial charge in [-0.3, -0.25) is 15.0 Å². The van der Waals surface area contributed by atoms with Crippen molar-refractivity contribution in [3.8, 4) is 12.3 Å². The van der Waals surface area contributed by atoms with E-state index in [4.69, 9.17) is 39.3 Å². The van der Waals surface area contributed by atoms with Gasteiger partial charge >= 0.3 is 6.09 Å². The third-order valence-corrected chi connectivity index (χ3v) is 7.89. The van der Waals surface area contributed by atoms with Gasteiger partial charge in [-0.05, 0) is 54.4 Å². The predicted molar refractivity (Wildman–Crippen MR) is 184 cm³/mol. The number of ether oxygens (including phenoxy) is 1. The van der Waals surface area contributed by atoms with E-state index in [1.165, 1.54) is 33.8 Å². The van der Waals surface area contributed by atoms with Gasteiger partial charge in [-0.25, -0.2) is 18.8 Å². The summed E-state index contributed by atoms with van der Waals surface area (Å²) in [6.07, 6.45) is 5.30. The smallest absolute Gasteiger partial charge is 0.407 e. The van der Waals surface area contributed by atoms with Crippen molar-refractivity contribution in [1.82, 2.24) is 19.9 Å². The maximum absolute atomic E-state index is 15.3. The summed E-state index contributed by atoms with van der Waals surface area (Å²) in [6, 6.07) is 25.8. The molecule has 1 heterocycles. The number of benzene rings is 4. The molecule has 9 nitrogen and oxygen atoms in total. The zero-order chi connectivity index (χ0) is 34.0. The van der Waals surface area contributed by atoms with Gasteiger partial charge in [0.25, 0.3) is 11.5 Å². The number of hydrogen-bond acceptors (Lipinski definition) is 6. The Labute approximate surface area is 286 Å². The van der Waals surface area contributed by atoms with Crippen molar-refractivity contribution in [2.24, 2.45) is 0 Å². The first kappa shape index (κ1) is 34.0. The molecule has 5 rings (SSSR count). The monoisotopic (exact) mass is 685 g/mol. The van der Waals surface area contributed by atoms with E-state index in [0.29, 0.717) is 10.7 Å². The highest BCUT2D eigenvalue weighted by molar-refractivity contribution is 6.31. The van der Waals surface area contributed by atoms with E-state index < -0.39 is 29.4 Å². The van der Waals surface area contributed by atoms with Gasteiger partial charge in [-0.2, -0.15) is 0 Å². The van der Waals surface area contributed by atoms with Crippen LogP contribution >= 0.6 is 23.2 Å². The van der Waals surface area contributed by atoms with Gasteiger partial charge in [0, 0.05) is 24.5 Å². The summed E-state index contributed by atoms with van der Waals surface area (Å²) >= 11 is 12.3. The van der Waals surface area contributed by atoms with Gasteiger partial charge in [0.05, 0.1) is 27.2 Å². The molecule has 0 fully saturated rings. The number of aromatic nitrogens is 2. The van der Waals surface area contributed by atoms with Crippen LogP contribution in [0.3, 0.4) is 0 Å². The molecule has 5 aromatic rings. The number of halogens is 3. The van der Waals surface area contributed by atoms with Gasteiger partial charge in [-0.1, -0.05) is 77.8 Å². The Morgan fingerprint density at radius 2 is 1.73 bits per heavy atom. The molecule has 0 bridgehead atoms. The van der Waals surface area contributed by atoms with Crippen LogP contribution in [-0.2, 0) is 11.3 Å². The SMILES string of the molecule is C#CCC(c1nc2cc(Cl)ccc2c(=O)n1Nc1ccccc1)N(CCCNC(=O)OCc1ccccc1)C(=O)c1cccc(Cl)c1F. The molecule has 0 spiro atoms. The highest BCUT2D eigenvalue weighted by Gasteiger charge is 2.32. The average molecular weight is 687 g/mol. The molecule has 0 radical (unpaired) electrons. The van der Waals surface area contributed by atoms with E-state index in [1.807, 2.05) is 36.4 Å². The van der Waals surface area contributed by atoms with Crippen molar-refractivity contribution in [2.45, 2.75) is 25.5 Å². The van der Waals surface area contributed by atoms with Crippen molar-refractivity contribution in [3.63, 3.8) is 0 Å². The molecule has 1 atom stereocenters. The Balaban J connectivity index is 1.51. The highest BCUT2D eigenvalue weighted by atomic mass is 35.5. The second-order valence-electron chi connectivity index (χ2n) is 10.6. The molecule has 244 valence electrons. The molecule has 0 aliphatic rings. The summed E-state index contributed by atoms with van der Waals surface area (Å²) in [4.78, 5) is 46.6. The molecule has 0 saturated heterocycles. The Kier molecular flexibility index (Phi) is 11.3. The van der Waals surface area contributed by atoms with E-state index >= 15 is 4.39 Å². The maximum atomic E-state index is 15.3. The molecule has 4 aromatic carbocycles. The van der Waals surface area contributed by atoms with Crippen LogP contribution in [0, 0.1) is 18.2 Å². The summed E-state index contributed by atoms with van der Waals surface area (Å²) in [5.41, 5.74) is 3.98. The molecule has 1 unspecified atom stereocenters. The third-order valence-electron chi connectivity index (χ3n) is 7.36. The molecular formula is C36H30Cl2FN5O4. The van der Waals surface area contributed by atoms with E-state index in [9.17, 15) is 14.4 Å². The fraction of sp³-hybridized carbons (Fsp3) is 0.167. The summed E-state index contributed by atoms with van der Waals surface area (Å²) in [7, 11) is 0. The molecular weight excluding hydrogens is 656 g/mol. The number of alkyl carbamates (subject to hydrolysis) is 1. The van der Waals surface area contributed by atoms with E-state index in [1.54, 1.807) is 36.4 Å². The minimum Gasteiger partial charge on any atom is -0.445 e. The summed E-state index contributed by atoms with van der Waals surface area (Å²) in [5.74, 6) is 1.01. The van der Waals surface area contributed by atoms with Crippen LogP contribution in [0.25, 0.3) is 10.9 Å². The number of carbonyl (C=O) groups excluding carboxylic acids is 2. The fourth-order valence-corrected chi connectivity index (χ4v) is 5.38. The molecule has 1 aromatic heterocycles. The number of para-hydroxylation sites is 1. The van der Waals surface area contributed by atoms with Gasteiger partial charge in [-0.15, -0.1) is 12.3 Å². The molecule has 2 N–H and O–H groups in total. The lowest BCUT2D eigenvalue weighted by Crippen LogP contribution is -2.42. The van der Waals surface area contributed by atoms with Crippen LogP contribution in [0.5, 0.6) is 0 Å². The summed E-state index contributed by atoms with van der Waals surface area (Å²) in [6.45, 7) is 0.165. The quantitative estimate of drug-likeness (QED) is 0.106. The number of nitrogens with one attached hydrogen (secondary N) is 2. The fourth-order valence-electron chi connectivity index (χ4n) is 5.04. The van der Waals surface area contributed by atoms with E-state index in [-0.39, 0.29) is 59.9 Å². The number of nitrogens with zero attached hydrogens (tertiary/aromatic N) is 3. The first-order chi connectivity index (χ1) is 23.3. The number of terminal acetylenes is 1. The van der Waals surface area contributed by atoms with Crippen molar-refractivity contribution >= 4 is 51.8 Å². The zero-order valence-corrected chi connectivity index (χ0v) is 27.0. The van der Waals surface area contributed by atoms with Gasteiger partial charge in [0.1, 0.15) is 12.6 Å². The molecule has 48 heavy (non-hydrogen) atoms. The van der Waals surface area contributed by atoms with E-state index in [0.717, 1.165) is 5.56 Å². The number of rotatable bonds is 12. The molecule has 0 aliphatic carbocycles. The van der Waals surface area contributed by atoms with Crippen molar-refractivity contribution in [1.29, 1.82) is 0 Å². The lowest BCUT2D eigenvalue weighted by atomic mass is 10.1. The second kappa shape index (κ2) is 16.0. The summed E-state index contributed by atoms with van der Waals surface area (Å²) < 4.78 is 21.8. The molecule has 0 saturated carbocycles. The number of amides is 2. The van der Waals surface area contributed by atoms with Gasteiger partial charge < -0.3 is 15.0 Å². The van der Waals surface area contributed by atoms with Crippen molar-refractivity contribution < 1.29 is 18.7 Å². The van der Waals surface area contributed by atoms with E-state index in [2.05, 4.69) is 16.7 Å². The van der Waals surface area contributed by atoms with Crippen molar-refractivity contribution in [2.75, 3.05) is 18.5 Å². The second-order valence-corrected chi connectivity index (χ2v) is 11.5. The lowest BCUT2D eigenvalue weighted by Gasteiger charge is -2.32. The van der Waals surface area contributed by atoms with Crippen molar-refractivity contribution in [3.05, 3.63) is 140 Å². The molecule has 12 heteroatoms. The topological polar surface area (TPSA) is 106 Å². The predicted octanol–water partition coefficient (Wildman–Crippen LogP) is 7.24. The minimum atomic E-state index is -1.04. The largest absolute Gasteiger partial charge is 0.445 e. The van der Waals surface area contributed by atoms with Gasteiger partial charge in [0.2, 0.25) is 0 Å². The zero-order valence-electron chi connectivity index (χ0n) is 25.5. The highest BCUT2D eigenvalue weighted by Crippen LogP contribution is 2.29. The van der Waals surface area contributed by atoms with Gasteiger partial charge in [0.15, 0.2) is 11.6 Å². The Bertz CT molecular complexity index is 2020. The number of carbonyl (C=O) groups is 2. The number of hydrogen-bond donors (Lipinski definition) is 2. The van der Waals surface area contributed by atoms with Crippen LogP contribution in [0.15, 0.2) is 102 Å². The lowest BCUT2D eigenvalue weighted by molar-refractivity contribution is 0.0660. The summed E-state index contributed by atoms with van der Waals surface area (Å²) in [5, 5.41) is 3.05. The minimum absolute atomic E-state index is 0.0229. The van der Waals surface area contributed by atoms with Crippen LogP contribution in [-0.4, -0.2) is 39.6 Å². The first-order valence-corrected chi connectivity index (χ1v) is 15.7. The average Bonchev–Trinajstić information content (AvgIpc) is 3.09. The Morgan fingerprint density at radius 1 is 1.00 bits per heavy atom. The van der Waals surface area contributed by atoms with Crippen LogP contribution in [0.1, 0.15) is 40.6 Å². The van der Waals surface area contributed by atoms with Crippen LogP contribution in [0.2, 0.25) is 10.0 Å². The Hall–Kier alpha value is -5.37. The number of anilines is 1. The molecule has 2 amide bonds. The van der Waals surface area contributed by atoms with Crippen LogP contribution < -0.4 is 16.3 Å². The standard InChI is InChI=1S/C36H30Cl2FN5O4/c1-2-11-31(33-41-30-22-25(37)18-19-27(30)35(46)44(33)42-26-14-7-4-8-15-26)43(34(45)28-16-9-17-29(38)32(28)39)21-10-20-40-36(47)48-23-24-12-5-3-6-13-24/h1,3-9,12-19,22,31,42H,10-11,20-21,23H2,(H,40,47). The Morgan fingerprint density at radius 3 is 2.46 bits per heavy atom. The third kappa shape index (κ3) is 8.12. The van der Waals surface area contributed by atoms with Crippen LogP contribution in [0.4, 0.5) is 14.9 Å². The maximum Gasteiger partial charge on any atom is 0.407 e. The normalized spacial score (nSPS) is 11.4. The number of fused-ring (bicyclic) bond motifs is 1.